The van der Waals surface area contributed by atoms with Crippen LogP contribution in [-0.2, 0) is 6.54 Å². The smallest absolute Gasteiger partial charge is 0.123 e. The average Bonchev–Trinajstić information content (AvgIpc) is 2.38. The highest BCUT2D eigenvalue weighted by molar-refractivity contribution is 5.54. The summed E-state index contributed by atoms with van der Waals surface area (Å²) in [6, 6.07) is 12.8. The van der Waals surface area contributed by atoms with E-state index in [1.165, 1.54) is 23.3 Å². The van der Waals surface area contributed by atoms with Crippen molar-refractivity contribution in [1.82, 2.24) is 0 Å². The molecule has 3 heteroatoms. The van der Waals surface area contributed by atoms with Crippen LogP contribution in [0.25, 0.3) is 0 Å². The number of anilines is 1. The number of hydrogen-bond donors (Lipinski definition) is 1. The first-order valence-electron chi connectivity index (χ1n) is 6.71. The van der Waals surface area contributed by atoms with Gasteiger partial charge in [-0.3, -0.25) is 0 Å². The molecule has 0 amide bonds. The molecule has 0 aliphatic rings. The minimum Gasteiger partial charge on any atom is -0.389 e. The number of hydrogen-bond acceptors (Lipinski definition) is 2. The Morgan fingerprint density at radius 2 is 1.95 bits per heavy atom. The lowest BCUT2D eigenvalue weighted by Gasteiger charge is -2.24. The number of aliphatic hydroxyl groups is 1. The van der Waals surface area contributed by atoms with Gasteiger partial charge in [0.25, 0.3) is 0 Å². The van der Waals surface area contributed by atoms with Gasteiger partial charge in [0.15, 0.2) is 0 Å². The largest absolute Gasteiger partial charge is 0.389 e. The van der Waals surface area contributed by atoms with E-state index in [2.05, 4.69) is 25.1 Å². The molecule has 0 aromatic heterocycles. The Balaban J connectivity index is 2.27. The summed E-state index contributed by atoms with van der Waals surface area (Å²) in [5.41, 5.74) is 3.86. The number of aliphatic hydroxyl groups excluding tert-OH is 1. The van der Waals surface area contributed by atoms with E-state index in [9.17, 15) is 9.50 Å². The van der Waals surface area contributed by atoms with E-state index in [1.54, 1.807) is 13.0 Å². The van der Waals surface area contributed by atoms with E-state index in [0.29, 0.717) is 12.1 Å². The third kappa shape index (κ3) is 3.36. The van der Waals surface area contributed by atoms with Gasteiger partial charge in [-0.15, -0.1) is 0 Å². The van der Waals surface area contributed by atoms with Crippen molar-refractivity contribution < 1.29 is 9.50 Å². The molecular formula is C17H20FNO. The van der Waals surface area contributed by atoms with Gasteiger partial charge in [-0.25, -0.2) is 4.39 Å². The second-order valence-electron chi connectivity index (χ2n) is 5.22. The van der Waals surface area contributed by atoms with Crippen LogP contribution in [0.2, 0.25) is 0 Å². The zero-order chi connectivity index (χ0) is 14.7. The van der Waals surface area contributed by atoms with Crippen LogP contribution in [0.1, 0.15) is 29.7 Å². The number of halogens is 1. The van der Waals surface area contributed by atoms with Crippen LogP contribution < -0.4 is 4.90 Å². The summed E-state index contributed by atoms with van der Waals surface area (Å²) in [6.07, 6.45) is -0.694. The quantitative estimate of drug-likeness (QED) is 0.915. The van der Waals surface area contributed by atoms with Crippen molar-refractivity contribution in [3.05, 3.63) is 65.0 Å². The molecule has 0 heterocycles. The molecule has 0 aliphatic heterocycles. The monoisotopic (exact) mass is 273 g/mol. The van der Waals surface area contributed by atoms with Gasteiger partial charge >= 0.3 is 0 Å². The van der Waals surface area contributed by atoms with Gasteiger partial charge in [0.1, 0.15) is 5.82 Å². The van der Waals surface area contributed by atoms with Crippen molar-refractivity contribution in [3.63, 3.8) is 0 Å². The fourth-order valence-corrected chi connectivity index (χ4v) is 2.38. The second kappa shape index (κ2) is 6.06. The maximum atomic E-state index is 13.3. The van der Waals surface area contributed by atoms with Gasteiger partial charge < -0.3 is 10.0 Å². The Hall–Kier alpha value is -1.87. The lowest BCUT2D eigenvalue weighted by molar-refractivity contribution is 0.199. The van der Waals surface area contributed by atoms with Gasteiger partial charge in [0.2, 0.25) is 0 Å². The molecule has 106 valence electrons. The fraction of sp³-hybridized carbons (Fsp3) is 0.294. The summed E-state index contributed by atoms with van der Waals surface area (Å²) in [6.45, 7) is 4.43. The molecule has 0 saturated heterocycles. The normalized spacial score (nSPS) is 12.2. The van der Waals surface area contributed by atoms with Crippen molar-refractivity contribution in [2.75, 3.05) is 11.9 Å². The standard InChI is InChI=1S/C17H20FNO/c1-12-5-4-6-14(9-12)11-19(3)17-8-7-15(18)10-16(17)13(2)20/h4-10,13,20H,11H2,1-3H3/t13-/m1/s1. The van der Waals surface area contributed by atoms with Gasteiger partial charge in [0, 0.05) is 24.8 Å². The second-order valence-corrected chi connectivity index (χ2v) is 5.22. The summed E-state index contributed by atoms with van der Waals surface area (Å²) >= 11 is 0. The molecule has 1 N–H and O–H groups in total. The molecule has 0 aliphatic carbocycles. The summed E-state index contributed by atoms with van der Waals surface area (Å²) in [4.78, 5) is 2.02. The number of benzene rings is 2. The molecule has 2 rings (SSSR count). The molecule has 0 unspecified atom stereocenters. The van der Waals surface area contributed by atoms with E-state index in [-0.39, 0.29) is 5.82 Å². The highest BCUT2D eigenvalue weighted by Gasteiger charge is 2.13. The zero-order valence-electron chi connectivity index (χ0n) is 12.1. The van der Waals surface area contributed by atoms with Crippen LogP contribution in [0.5, 0.6) is 0 Å². The Bertz CT molecular complexity index is 595. The lowest BCUT2D eigenvalue weighted by atomic mass is 10.1. The maximum absolute atomic E-state index is 13.3. The summed E-state index contributed by atoms with van der Waals surface area (Å²) in [7, 11) is 1.95. The maximum Gasteiger partial charge on any atom is 0.123 e. The first-order valence-corrected chi connectivity index (χ1v) is 6.71. The third-order valence-electron chi connectivity index (χ3n) is 3.35. The highest BCUT2D eigenvalue weighted by Crippen LogP contribution is 2.27. The Morgan fingerprint density at radius 3 is 2.60 bits per heavy atom. The van der Waals surface area contributed by atoms with Crippen LogP contribution in [0.15, 0.2) is 42.5 Å². The van der Waals surface area contributed by atoms with E-state index in [4.69, 9.17) is 0 Å². The van der Waals surface area contributed by atoms with Crippen molar-refractivity contribution in [1.29, 1.82) is 0 Å². The van der Waals surface area contributed by atoms with Gasteiger partial charge in [-0.1, -0.05) is 29.8 Å². The molecule has 2 aromatic carbocycles. The van der Waals surface area contributed by atoms with Crippen LogP contribution in [-0.4, -0.2) is 12.2 Å². The van der Waals surface area contributed by atoms with Crippen molar-refractivity contribution >= 4 is 5.69 Å². The van der Waals surface area contributed by atoms with Crippen LogP contribution in [0, 0.1) is 12.7 Å². The molecule has 2 nitrogen and oxygen atoms in total. The lowest BCUT2D eigenvalue weighted by Crippen LogP contribution is -2.18. The fourth-order valence-electron chi connectivity index (χ4n) is 2.38. The molecule has 0 spiro atoms. The molecular weight excluding hydrogens is 253 g/mol. The Labute approximate surface area is 119 Å². The summed E-state index contributed by atoms with van der Waals surface area (Å²) in [5.74, 6) is -0.325. The van der Waals surface area contributed by atoms with Gasteiger partial charge in [-0.05, 0) is 37.6 Å². The first-order chi connectivity index (χ1) is 9.47. The Morgan fingerprint density at radius 1 is 1.20 bits per heavy atom. The predicted octanol–water partition coefficient (Wildman–Crippen LogP) is 3.82. The number of aryl methyl sites for hydroxylation is 1. The summed E-state index contributed by atoms with van der Waals surface area (Å²) in [5, 5.41) is 9.79. The van der Waals surface area contributed by atoms with Crippen LogP contribution in [0.4, 0.5) is 10.1 Å². The predicted molar refractivity (Wildman–Crippen MR) is 80.3 cm³/mol. The third-order valence-corrected chi connectivity index (χ3v) is 3.35. The SMILES string of the molecule is Cc1cccc(CN(C)c2ccc(F)cc2[C@@H](C)O)c1. The van der Waals surface area contributed by atoms with E-state index in [0.717, 1.165) is 5.69 Å². The first kappa shape index (κ1) is 14.5. The van der Waals surface area contributed by atoms with Gasteiger partial charge in [0.05, 0.1) is 6.10 Å². The van der Waals surface area contributed by atoms with Gasteiger partial charge in [-0.2, -0.15) is 0 Å². The molecule has 1 atom stereocenters. The van der Waals surface area contributed by atoms with E-state index >= 15 is 0 Å². The summed E-state index contributed by atoms with van der Waals surface area (Å²) < 4.78 is 13.3. The molecule has 0 saturated carbocycles. The number of rotatable bonds is 4. The molecule has 0 fully saturated rings. The van der Waals surface area contributed by atoms with Crippen molar-refractivity contribution in [2.45, 2.75) is 26.5 Å². The highest BCUT2D eigenvalue weighted by atomic mass is 19.1. The zero-order valence-corrected chi connectivity index (χ0v) is 12.1. The van der Waals surface area contributed by atoms with E-state index in [1.807, 2.05) is 18.0 Å². The minimum atomic E-state index is -0.694. The number of nitrogens with zero attached hydrogens (tertiary/aromatic N) is 1. The van der Waals surface area contributed by atoms with Crippen LogP contribution in [0.3, 0.4) is 0 Å². The molecule has 2 aromatic rings. The molecule has 0 bridgehead atoms. The van der Waals surface area contributed by atoms with E-state index < -0.39 is 6.10 Å². The average molecular weight is 273 g/mol. The molecule has 0 radical (unpaired) electrons. The van der Waals surface area contributed by atoms with Crippen LogP contribution >= 0.6 is 0 Å². The Kier molecular flexibility index (Phi) is 4.40. The van der Waals surface area contributed by atoms with Crippen molar-refractivity contribution in [3.8, 4) is 0 Å². The topological polar surface area (TPSA) is 23.5 Å². The van der Waals surface area contributed by atoms with Crippen molar-refractivity contribution in [2.24, 2.45) is 0 Å². The molecule has 20 heavy (non-hydrogen) atoms. The minimum absolute atomic E-state index is 0.325.